The zero-order valence-electron chi connectivity index (χ0n) is 16.1. The van der Waals surface area contributed by atoms with Crippen molar-refractivity contribution >= 4 is 38.5 Å². The number of carbonyl (C=O) groups is 2. The summed E-state index contributed by atoms with van der Waals surface area (Å²) >= 11 is 1.49. The van der Waals surface area contributed by atoms with Crippen LogP contribution >= 0.6 is 11.3 Å². The van der Waals surface area contributed by atoms with Gasteiger partial charge in [0.25, 0.3) is 0 Å². The molecule has 5 rings (SSSR count). The quantitative estimate of drug-likeness (QED) is 0.791. The lowest BCUT2D eigenvalue weighted by molar-refractivity contribution is -0.135. The van der Waals surface area contributed by atoms with E-state index in [1.54, 1.807) is 4.90 Å². The molecule has 3 heterocycles. The van der Waals surface area contributed by atoms with Crippen molar-refractivity contribution in [2.24, 2.45) is 17.8 Å². The van der Waals surface area contributed by atoms with E-state index in [2.05, 4.69) is 4.98 Å². The number of ether oxygens (including phenoxy) is 1. The van der Waals surface area contributed by atoms with Crippen LogP contribution in [0.1, 0.15) is 32.6 Å². The summed E-state index contributed by atoms with van der Waals surface area (Å²) in [5, 5.41) is 0.683. The molecule has 148 valence electrons. The Kier molecular flexibility index (Phi) is 4.50. The summed E-state index contributed by atoms with van der Waals surface area (Å²) in [6.45, 7) is 4.78. The molecule has 1 unspecified atom stereocenters. The van der Waals surface area contributed by atoms with Gasteiger partial charge < -0.3 is 9.64 Å². The second-order valence-corrected chi connectivity index (χ2v) is 9.17. The molecular weight excluding hydrogens is 374 g/mol. The maximum atomic E-state index is 13.0. The number of hydrogen-bond donors (Lipinski definition) is 0. The van der Waals surface area contributed by atoms with Gasteiger partial charge in [-0.1, -0.05) is 17.8 Å². The van der Waals surface area contributed by atoms with Crippen molar-refractivity contribution in [3.05, 3.63) is 18.2 Å². The van der Waals surface area contributed by atoms with Gasteiger partial charge in [-0.25, -0.2) is 4.98 Å². The molecule has 2 aromatic rings. The van der Waals surface area contributed by atoms with Crippen LogP contribution in [0.2, 0.25) is 0 Å². The van der Waals surface area contributed by atoms with E-state index in [-0.39, 0.29) is 17.7 Å². The van der Waals surface area contributed by atoms with E-state index < -0.39 is 0 Å². The highest BCUT2D eigenvalue weighted by Crippen LogP contribution is 2.39. The fourth-order valence-electron chi connectivity index (χ4n) is 5.00. The largest absolute Gasteiger partial charge is 0.494 e. The summed E-state index contributed by atoms with van der Waals surface area (Å²) < 4.78 is 6.55. The minimum absolute atomic E-state index is 0.00169. The van der Waals surface area contributed by atoms with Crippen molar-refractivity contribution in [1.29, 1.82) is 0 Å². The van der Waals surface area contributed by atoms with Gasteiger partial charge in [-0.15, -0.1) is 0 Å². The standard InChI is InChI=1S/C21H25N3O3S/c1-2-27-16-6-7-17-18(9-16)28-21(22-17)24-12-15(8-19(24)25)20(26)23-10-13-4-3-5-14(13)11-23/h6-7,9,13-15H,2-5,8,10-12H2,1H3/t13-,14+,15?. The van der Waals surface area contributed by atoms with E-state index in [1.807, 2.05) is 30.0 Å². The minimum Gasteiger partial charge on any atom is -0.494 e. The number of benzene rings is 1. The highest BCUT2D eigenvalue weighted by atomic mass is 32.1. The number of thiazole rings is 1. The average molecular weight is 400 g/mol. The van der Waals surface area contributed by atoms with Crippen molar-refractivity contribution in [2.75, 3.05) is 31.1 Å². The molecule has 3 aliphatic rings. The molecule has 1 aromatic heterocycles. The Labute approximate surface area is 168 Å². The van der Waals surface area contributed by atoms with Crippen molar-refractivity contribution in [2.45, 2.75) is 32.6 Å². The lowest BCUT2D eigenvalue weighted by Gasteiger charge is -2.21. The molecule has 0 bridgehead atoms. The fraction of sp³-hybridized carbons (Fsp3) is 0.571. The average Bonchev–Trinajstić information content (AvgIpc) is 3.42. The Balaban J connectivity index is 1.31. The number of fused-ring (bicyclic) bond motifs is 2. The molecule has 7 heteroatoms. The minimum atomic E-state index is -0.239. The molecule has 28 heavy (non-hydrogen) atoms. The van der Waals surface area contributed by atoms with Crippen LogP contribution in [0.5, 0.6) is 5.75 Å². The van der Waals surface area contributed by atoms with Gasteiger partial charge in [-0.05, 0) is 49.8 Å². The Morgan fingerprint density at radius 1 is 1.25 bits per heavy atom. The predicted molar refractivity (Wildman–Crippen MR) is 109 cm³/mol. The first-order chi connectivity index (χ1) is 13.6. The van der Waals surface area contributed by atoms with Crippen LogP contribution < -0.4 is 9.64 Å². The van der Waals surface area contributed by atoms with Gasteiger partial charge in [0.15, 0.2) is 5.13 Å². The lowest BCUT2D eigenvalue weighted by Crippen LogP contribution is -2.36. The fourth-order valence-corrected chi connectivity index (χ4v) is 6.02. The van der Waals surface area contributed by atoms with E-state index in [0.29, 0.717) is 36.5 Å². The normalized spacial score (nSPS) is 27.0. The van der Waals surface area contributed by atoms with Crippen LogP contribution in [0.4, 0.5) is 5.13 Å². The first-order valence-electron chi connectivity index (χ1n) is 10.2. The zero-order valence-corrected chi connectivity index (χ0v) is 16.9. The van der Waals surface area contributed by atoms with Crippen LogP contribution in [0.3, 0.4) is 0 Å². The molecule has 0 radical (unpaired) electrons. The first kappa shape index (κ1) is 17.9. The SMILES string of the molecule is CCOc1ccc2nc(N3CC(C(=O)N4C[C@H]5CCC[C@H]5C4)CC3=O)sc2c1. The van der Waals surface area contributed by atoms with E-state index >= 15 is 0 Å². The number of amides is 2. The summed E-state index contributed by atoms with van der Waals surface area (Å²) in [4.78, 5) is 34.0. The van der Waals surface area contributed by atoms with Crippen molar-refractivity contribution in [1.82, 2.24) is 9.88 Å². The van der Waals surface area contributed by atoms with Gasteiger partial charge in [0.1, 0.15) is 5.75 Å². The van der Waals surface area contributed by atoms with E-state index in [9.17, 15) is 9.59 Å². The van der Waals surface area contributed by atoms with Gasteiger partial charge in [-0.2, -0.15) is 0 Å². The van der Waals surface area contributed by atoms with Gasteiger partial charge in [0, 0.05) is 26.1 Å². The number of carbonyl (C=O) groups excluding carboxylic acids is 2. The van der Waals surface area contributed by atoms with Gasteiger partial charge in [0.05, 0.1) is 22.7 Å². The first-order valence-corrected chi connectivity index (χ1v) is 11.1. The van der Waals surface area contributed by atoms with Crippen LogP contribution in [0, 0.1) is 17.8 Å². The maximum absolute atomic E-state index is 13.0. The number of likely N-dealkylation sites (tertiary alicyclic amines) is 1. The third-order valence-corrected chi connectivity index (χ3v) is 7.44. The number of hydrogen-bond acceptors (Lipinski definition) is 5. The van der Waals surface area contributed by atoms with Crippen molar-refractivity contribution < 1.29 is 14.3 Å². The summed E-state index contributed by atoms with van der Waals surface area (Å²) in [6, 6.07) is 5.79. The number of aromatic nitrogens is 1. The van der Waals surface area contributed by atoms with Crippen molar-refractivity contribution in [3.63, 3.8) is 0 Å². The number of nitrogens with zero attached hydrogens (tertiary/aromatic N) is 3. The molecule has 3 fully saturated rings. The van der Waals surface area contributed by atoms with Crippen LogP contribution in [0.15, 0.2) is 18.2 Å². The molecule has 6 nitrogen and oxygen atoms in total. The zero-order chi connectivity index (χ0) is 19.3. The van der Waals surface area contributed by atoms with Gasteiger partial charge >= 0.3 is 0 Å². The molecule has 1 saturated carbocycles. The van der Waals surface area contributed by atoms with Crippen LogP contribution in [-0.2, 0) is 9.59 Å². The Morgan fingerprint density at radius 3 is 2.79 bits per heavy atom. The molecule has 2 saturated heterocycles. The molecule has 2 amide bonds. The molecular formula is C21H25N3O3S. The van der Waals surface area contributed by atoms with Crippen LogP contribution in [0.25, 0.3) is 10.2 Å². The Hall–Kier alpha value is -2.15. The smallest absolute Gasteiger partial charge is 0.229 e. The highest BCUT2D eigenvalue weighted by Gasteiger charge is 2.43. The van der Waals surface area contributed by atoms with E-state index in [1.165, 1.54) is 30.6 Å². The van der Waals surface area contributed by atoms with Gasteiger partial charge in [-0.3, -0.25) is 14.5 Å². The third-order valence-electron chi connectivity index (χ3n) is 6.40. The second kappa shape index (κ2) is 7.03. The monoisotopic (exact) mass is 399 g/mol. The van der Waals surface area contributed by atoms with Gasteiger partial charge in [0.2, 0.25) is 11.8 Å². The topological polar surface area (TPSA) is 62.7 Å². The van der Waals surface area contributed by atoms with Crippen molar-refractivity contribution in [3.8, 4) is 5.75 Å². The third kappa shape index (κ3) is 3.05. The second-order valence-electron chi connectivity index (χ2n) is 8.16. The Morgan fingerprint density at radius 2 is 2.04 bits per heavy atom. The maximum Gasteiger partial charge on any atom is 0.229 e. The predicted octanol–water partition coefficient (Wildman–Crippen LogP) is 3.31. The highest BCUT2D eigenvalue weighted by molar-refractivity contribution is 7.22. The lowest BCUT2D eigenvalue weighted by atomic mass is 10.0. The molecule has 3 atom stereocenters. The molecule has 1 aromatic carbocycles. The summed E-state index contributed by atoms with van der Waals surface area (Å²) in [7, 11) is 0. The van der Waals surface area contributed by atoms with E-state index in [0.717, 1.165) is 29.1 Å². The number of rotatable bonds is 4. The summed E-state index contributed by atoms with van der Waals surface area (Å²) in [5.41, 5.74) is 0.860. The molecule has 2 aliphatic heterocycles. The number of anilines is 1. The summed E-state index contributed by atoms with van der Waals surface area (Å²) in [5.74, 6) is 2.09. The van der Waals surface area contributed by atoms with Crippen LogP contribution in [-0.4, -0.2) is 47.9 Å². The summed E-state index contributed by atoms with van der Waals surface area (Å²) in [6.07, 6.45) is 4.10. The van der Waals surface area contributed by atoms with E-state index in [4.69, 9.17) is 4.74 Å². The molecule has 0 spiro atoms. The molecule has 1 aliphatic carbocycles. The Bertz CT molecular complexity index is 915. The molecule has 0 N–H and O–H groups in total.